The summed E-state index contributed by atoms with van der Waals surface area (Å²) in [5.41, 5.74) is 7.65. The minimum Gasteiger partial charge on any atom is -0.481 e. The van der Waals surface area contributed by atoms with Crippen LogP contribution in [0.5, 0.6) is 5.88 Å². The molecule has 0 bridgehead atoms. The Kier molecular flexibility index (Phi) is 3.94. The fraction of sp³-hybridized carbons (Fsp3) is 0.688. The second-order valence-electron chi connectivity index (χ2n) is 6.12. The lowest BCUT2D eigenvalue weighted by molar-refractivity contribution is -0.0964. The van der Waals surface area contributed by atoms with Crippen LogP contribution in [0.15, 0.2) is 18.3 Å². The van der Waals surface area contributed by atoms with Crippen molar-refractivity contribution in [2.24, 2.45) is 11.7 Å². The summed E-state index contributed by atoms with van der Waals surface area (Å²) in [6.45, 7) is 0.834. The van der Waals surface area contributed by atoms with Gasteiger partial charge in [-0.25, -0.2) is 4.98 Å². The quantitative estimate of drug-likeness (QED) is 0.922. The first kappa shape index (κ1) is 13.8. The van der Waals surface area contributed by atoms with Crippen LogP contribution in [0.1, 0.15) is 50.1 Å². The Morgan fingerprint density at radius 3 is 3.00 bits per heavy atom. The van der Waals surface area contributed by atoms with E-state index in [1.165, 1.54) is 25.7 Å². The lowest BCUT2D eigenvalue weighted by Gasteiger charge is -2.40. The molecule has 4 heteroatoms. The van der Waals surface area contributed by atoms with Crippen LogP contribution in [-0.4, -0.2) is 24.3 Å². The fourth-order valence-electron chi connectivity index (χ4n) is 3.82. The number of ether oxygens (including phenoxy) is 2. The van der Waals surface area contributed by atoms with Crippen molar-refractivity contribution in [2.75, 3.05) is 13.7 Å². The molecule has 1 saturated carbocycles. The molecule has 110 valence electrons. The highest BCUT2D eigenvalue weighted by atomic mass is 16.5. The van der Waals surface area contributed by atoms with Crippen molar-refractivity contribution >= 4 is 0 Å². The molecule has 1 saturated heterocycles. The van der Waals surface area contributed by atoms with Gasteiger partial charge in [-0.2, -0.15) is 0 Å². The molecule has 0 radical (unpaired) electrons. The Balaban J connectivity index is 1.77. The van der Waals surface area contributed by atoms with Crippen molar-refractivity contribution in [1.29, 1.82) is 0 Å². The zero-order valence-electron chi connectivity index (χ0n) is 12.2. The molecular weight excluding hydrogens is 252 g/mol. The van der Waals surface area contributed by atoms with Crippen LogP contribution < -0.4 is 10.5 Å². The van der Waals surface area contributed by atoms with Gasteiger partial charge in [-0.15, -0.1) is 0 Å². The van der Waals surface area contributed by atoms with Crippen LogP contribution in [0.3, 0.4) is 0 Å². The average Bonchev–Trinajstić information content (AvgIpc) is 2.94. The number of pyridine rings is 1. The first-order chi connectivity index (χ1) is 9.74. The van der Waals surface area contributed by atoms with Crippen LogP contribution in [-0.2, 0) is 4.74 Å². The smallest absolute Gasteiger partial charge is 0.217 e. The standard InChI is InChI=1S/C16H24N2O2/c1-19-15-13(5-4-9-18-15)14(17)12-6-10-20-16(11-12)7-2-3-8-16/h4-5,9,12,14H,2-3,6-8,10-11,17H2,1H3. The second-order valence-corrected chi connectivity index (χ2v) is 6.12. The predicted molar refractivity (Wildman–Crippen MR) is 77.6 cm³/mol. The SMILES string of the molecule is COc1ncccc1C(N)C1CCOC2(CCCC2)C1. The fourth-order valence-corrected chi connectivity index (χ4v) is 3.82. The van der Waals surface area contributed by atoms with Crippen molar-refractivity contribution in [1.82, 2.24) is 4.98 Å². The molecule has 2 atom stereocenters. The molecule has 4 nitrogen and oxygen atoms in total. The normalized spacial score (nSPS) is 26.6. The minimum atomic E-state index is -0.0139. The molecule has 1 spiro atoms. The van der Waals surface area contributed by atoms with E-state index in [0.29, 0.717) is 11.8 Å². The molecule has 1 aliphatic carbocycles. The van der Waals surface area contributed by atoms with Gasteiger partial charge in [-0.05, 0) is 37.7 Å². The van der Waals surface area contributed by atoms with Gasteiger partial charge in [0.2, 0.25) is 5.88 Å². The van der Waals surface area contributed by atoms with E-state index < -0.39 is 0 Å². The molecule has 2 heterocycles. The maximum Gasteiger partial charge on any atom is 0.217 e. The lowest BCUT2D eigenvalue weighted by Crippen LogP contribution is -2.40. The number of rotatable bonds is 3. The molecule has 0 amide bonds. The second kappa shape index (κ2) is 5.70. The molecule has 20 heavy (non-hydrogen) atoms. The van der Waals surface area contributed by atoms with E-state index in [-0.39, 0.29) is 11.6 Å². The summed E-state index contributed by atoms with van der Waals surface area (Å²) in [7, 11) is 1.65. The molecule has 0 aromatic carbocycles. The minimum absolute atomic E-state index is 0.0139. The third-order valence-corrected chi connectivity index (χ3v) is 4.91. The largest absolute Gasteiger partial charge is 0.481 e. The van der Waals surface area contributed by atoms with Crippen LogP contribution in [0.4, 0.5) is 0 Å². The van der Waals surface area contributed by atoms with E-state index >= 15 is 0 Å². The molecule has 1 aromatic heterocycles. The van der Waals surface area contributed by atoms with Gasteiger partial charge in [0.05, 0.1) is 12.7 Å². The highest BCUT2D eigenvalue weighted by Gasteiger charge is 2.41. The first-order valence-corrected chi connectivity index (χ1v) is 7.62. The maximum atomic E-state index is 6.52. The van der Waals surface area contributed by atoms with Crippen LogP contribution in [0.25, 0.3) is 0 Å². The monoisotopic (exact) mass is 276 g/mol. The van der Waals surface area contributed by atoms with E-state index in [1.807, 2.05) is 12.1 Å². The zero-order chi connectivity index (χ0) is 14.0. The van der Waals surface area contributed by atoms with Crippen molar-refractivity contribution in [3.63, 3.8) is 0 Å². The Labute approximate surface area is 120 Å². The highest BCUT2D eigenvalue weighted by Crippen LogP contribution is 2.45. The van der Waals surface area contributed by atoms with Gasteiger partial charge < -0.3 is 15.2 Å². The molecule has 1 aromatic rings. The summed E-state index contributed by atoms with van der Waals surface area (Å²) < 4.78 is 11.4. The number of hydrogen-bond acceptors (Lipinski definition) is 4. The summed E-state index contributed by atoms with van der Waals surface area (Å²) in [6, 6.07) is 3.95. The Morgan fingerprint density at radius 1 is 1.45 bits per heavy atom. The summed E-state index contributed by atoms with van der Waals surface area (Å²) in [5.74, 6) is 1.12. The Morgan fingerprint density at radius 2 is 2.25 bits per heavy atom. The number of nitrogens with zero attached hydrogens (tertiary/aromatic N) is 1. The summed E-state index contributed by atoms with van der Waals surface area (Å²) in [4.78, 5) is 4.27. The molecule has 1 aliphatic heterocycles. The van der Waals surface area contributed by atoms with Gasteiger partial charge in [0.25, 0.3) is 0 Å². The number of methoxy groups -OCH3 is 1. The molecular formula is C16H24N2O2. The topological polar surface area (TPSA) is 57.4 Å². The first-order valence-electron chi connectivity index (χ1n) is 7.62. The van der Waals surface area contributed by atoms with Gasteiger partial charge in [0.1, 0.15) is 0 Å². The van der Waals surface area contributed by atoms with Crippen molar-refractivity contribution < 1.29 is 9.47 Å². The predicted octanol–water partition coefficient (Wildman–Crippen LogP) is 2.83. The van der Waals surface area contributed by atoms with Gasteiger partial charge in [-0.1, -0.05) is 18.9 Å². The summed E-state index contributed by atoms with van der Waals surface area (Å²) >= 11 is 0. The molecule has 3 rings (SSSR count). The molecule has 2 N–H and O–H groups in total. The average molecular weight is 276 g/mol. The van der Waals surface area contributed by atoms with Crippen molar-refractivity contribution in [2.45, 2.75) is 50.2 Å². The van der Waals surface area contributed by atoms with Gasteiger partial charge >= 0.3 is 0 Å². The van der Waals surface area contributed by atoms with Crippen LogP contribution >= 0.6 is 0 Å². The van der Waals surface area contributed by atoms with Crippen molar-refractivity contribution in [3.05, 3.63) is 23.9 Å². The van der Waals surface area contributed by atoms with Gasteiger partial charge in [-0.3, -0.25) is 0 Å². The Bertz CT molecular complexity index is 458. The van der Waals surface area contributed by atoms with E-state index in [0.717, 1.165) is 25.0 Å². The van der Waals surface area contributed by atoms with Crippen LogP contribution in [0, 0.1) is 5.92 Å². The Hall–Kier alpha value is -1.13. The number of aromatic nitrogens is 1. The lowest BCUT2D eigenvalue weighted by atomic mass is 9.79. The summed E-state index contributed by atoms with van der Waals surface area (Å²) in [6.07, 6.45) is 8.82. The van der Waals surface area contributed by atoms with Gasteiger partial charge in [0, 0.05) is 24.4 Å². The van der Waals surface area contributed by atoms with E-state index in [9.17, 15) is 0 Å². The maximum absolute atomic E-state index is 6.52. The van der Waals surface area contributed by atoms with E-state index in [1.54, 1.807) is 13.3 Å². The van der Waals surface area contributed by atoms with E-state index in [2.05, 4.69) is 4.98 Å². The van der Waals surface area contributed by atoms with E-state index in [4.69, 9.17) is 15.2 Å². The van der Waals surface area contributed by atoms with Crippen LogP contribution in [0.2, 0.25) is 0 Å². The number of hydrogen-bond donors (Lipinski definition) is 1. The van der Waals surface area contributed by atoms with Crippen molar-refractivity contribution in [3.8, 4) is 5.88 Å². The molecule has 2 unspecified atom stereocenters. The zero-order valence-corrected chi connectivity index (χ0v) is 12.2. The third-order valence-electron chi connectivity index (χ3n) is 4.91. The highest BCUT2D eigenvalue weighted by molar-refractivity contribution is 5.29. The van der Waals surface area contributed by atoms with Gasteiger partial charge in [0.15, 0.2) is 0 Å². The number of nitrogens with two attached hydrogens (primary N) is 1. The summed E-state index contributed by atoms with van der Waals surface area (Å²) in [5, 5.41) is 0. The third kappa shape index (κ3) is 2.54. The molecule has 2 fully saturated rings. The molecule has 2 aliphatic rings.